The van der Waals surface area contributed by atoms with Gasteiger partial charge in [-0.15, -0.1) is 0 Å². The Labute approximate surface area is 122 Å². The molecule has 2 N–H and O–H groups in total. The quantitative estimate of drug-likeness (QED) is 0.847. The minimum atomic E-state index is -1.24. The van der Waals surface area contributed by atoms with E-state index in [2.05, 4.69) is 10.4 Å². The van der Waals surface area contributed by atoms with Crippen LogP contribution in [0.3, 0.4) is 0 Å². The van der Waals surface area contributed by atoms with Gasteiger partial charge in [-0.3, -0.25) is 9.59 Å². The lowest BCUT2D eigenvalue weighted by atomic mass is 9.76. The van der Waals surface area contributed by atoms with E-state index in [-0.39, 0.29) is 17.2 Å². The van der Waals surface area contributed by atoms with E-state index in [0.29, 0.717) is 12.8 Å². The van der Waals surface area contributed by atoms with Crippen molar-refractivity contribution in [3.63, 3.8) is 0 Å². The average molecular weight is 293 g/mol. The van der Waals surface area contributed by atoms with Gasteiger partial charge in [0.25, 0.3) is 11.5 Å². The predicted octanol–water partition coefficient (Wildman–Crippen LogP) is 0.544. The Kier molecular flexibility index (Phi) is 4.11. The molecule has 7 nitrogen and oxygen atoms in total. The number of rotatable bonds is 3. The van der Waals surface area contributed by atoms with Crippen LogP contribution >= 0.6 is 0 Å². The van der Waals surface area contributed by atoms with Gasteiger partial charge < -0.3 is 10.4 Å². The van der Waals surface area contributed by atoms with Crippen molar-refractivity contribution in [2.75, 3.05) is 0 Å². The van der Waals surface area contributed by atoms with Crippen molar-refractivity contribution >= 4 is 11.9 Å². The maximum Gasteiger partial charge on any atom is 0.329 e. The molecule has 2 rings (SSSR count). The number of amides is 1. The summed E-state index contributed by atoms with van der Waals surface area (Å²) in [7, 11) is 1.44. The summed E-state index contributed by atoms with van der Waals surface area (Å²) >= 11 is 0. The fourth-order valence-electron chi connectivity index (χ4n) is 2.82. The third-order valence-electron chi connectivity index (χ3n) is 3.95. The van der Waals surface area contributed by atoms with E-state index >= 15 is 0 Å². The molecule has 0 aromatic carbocycles. The van der Waals surface area contributed by atoms with Gasteiger partial charge in [-0.25, -0.2) is 9.48 Å². The molecule has 1 aliphatic rings. The molecule has 1 aliphatic carbocycles. The zero-order valence-corrected chi connectivity index (χ0v) is 12.1. The average Bonchev–Trinajstić information content (AvgIpc) is 2.41. The summed E-state index contributed by atoms with van der Waals surface area (Å²) in [5.74, 6) is -1.35. The monoisotopic (exact) mass is 293 g/mol. The highest BCUT2D eigenvalue weighted by atomic mass is 16.4. The molecule has 0 saturated heterocycles. The molecule has 1 fully saturated rings. The fraction of sp³-hybridized carbons (Fsp3) is 0.571. The third-order valence-corrected chi connectivity index (χ3v) is 3.95. The summed E-state index contributed by atoms with van der Waals surface area (Å²) in [5, 5.41) is 16.0. The predicted molar refractivity (Wildman–Crippen MR) is 74.9 cm³/mol. The maximum absolute atomic E-state index is 12.2. The summed E-state index contributed by atoms with van der Waals surface area (Å²) in [6.07, 6.45) is 2.53. The van der Waals surface area contributed by atoms with E-state index < -0.39 is 17.4 Å². The van der Waals surface area contributed by atoms with Crippen molar-refractivity contribution in [2.45, 2.75) is 38.1 Å². The first-order valence-electron chi connectivity index (χ1n) is 6.94. The highest BCUT2D eigenvalue weighted by Gasteiger charge is 2.43. The number of hydrogen-bond acceptors (Lipinski definition) is 4. The Morgan fingerprint density at radius 2 is 2.19 bits per heavy atom. The largest absolute Gasteiger partial charge is 0.480 e. The van der Waals surface area contributed by atoms with Crippen LogP contribution in [0.25, 0.3) is 0 Å². The molecule has 0 spiro atoms. The standard InChI is InChI=1S/C14H19N3O4/c1-9-4-3-7-14(8-9,13(20)21)15-12(19)10-5-6-11(18)17(2)16-10/h5-6,9H,3-4,7-8H2,1-2H3,(H,15,19)(H,20,21). The van der Waals surface area contributed by atoms with Crippen LogP contribution in [-0.2, 0) is 11.8 Å². The Bertz CT molecular complexity index is 625. The van der Waals surface area contributed by atoms with Gasteiger partial charge >= 0.3 is 5.97 Å². The second-order valence-electron chi connectivity index (χ2n) is 5.72. The lowest BCUT2D eigenvalue weighted by molar-refractivity contribution is -0.146. The molecule has 21 heavy (non-hydrogen) atoms. The number of aryl methyl sites for hydroxylation is 1. The van der Waals surface area contributed by atoms with Crippen LogP contribution in [0.2, 0.25) is 0 Å². The Balaban J connectivity index is 2.24. The van der Waals surface area contributed by atoms with Crippen molar-refractivity contribution in [2.24, 2.45) is 13.0 Å². The van der Waals surface area contributed by atoms with Crippen molar-refractivity contribution in [3.8, 4) is 0 Å². The first kappa shape index (κ1) is 15.2. The van der Waals surface area contributed by atoms with Crippen LogP contribution < -0.4 is 10.9 Å². The van der Waals surface area contributed by atoms with E-state index in [4.69, 9.17) is 0 Å². The highest BCUT2D eigenvalue weighted by molar-refractivity contribution is 5.96. The van der Waals surface area contributed by atoms with Gasteiger partial charge in [0, 0.05) is 13.1 Å². The van der Waals surface area contributed by atoms with Crippen LogP contribution in [0.4, 0.5) is 0 Å². The molecule has 1 aromatic heterocycles. The zero-order chi connectivity index (χ0) is 15.6. The van der Waals surface area contributed by atoms with Gasteiger partial charge in [-0.2, -0.15) is 5.10 Å². The maximum atomic E-state index is 12.2. The van der Waals surface area contributed by atoms with E-state index in [0.717, 1.165) is 17.5 Å². The van der Waals surface area contributed by atoms with Crippen LogP contribution in [0.5, 0.6) is 0 Å². The van der Waals surface area contributed by atoms with Crippen molar-refractivity contribution in [3.05, 3.63) is 28.2 Å². The summed E-state index contributed by atoms with van der Waals surface area (Å²) in [6, 6.07) is 2.54. The molecule has 1 saturated carbocycles. The van der Waals surface area contributed by atoms with Crippen molar-refractivity contribution < 1.29 is 14.7 Å². The second-order valence-corrected chi connectivity index (χ2v) is 5.72. The van der Waals surface area contributed by atoms with Crippen LogP contribution in [0, 0.1) is 5.92 Å². The van der Waals surface area contributed by atoms with E-state index in [1.165, 1.54) is 19.2 Å². The molecule has 2 unspecified atom stereocenters. The molecule has 1 amide bonds. The first-order chi connectivity index (χ1) is 9.84. The van der Waals surface area contributed by atoms with Crippen LogP contribution in [0.1, 0.15) is 43.1 Å². The Morgan fingerprint density at radius 1 is 1.48 bits per heavy atom. The van der Waals surface area contributed by atoms with E-state index in [1.54, 1.807) is 0 Å². The number of carboxylic acid groups (broad SMARTS) is 1. The summed E-state index contributed by atoms with van der Waals surface area (Å²) in [6.45, 7) is 1.98. The number of hydrogen-bond donors (Lipinski definition) is 2. The smallest absolute Gasteiger partial charge is 0.329 e. The Morgan fingerprint density at radius 3 is 2.76 bits per heavy atom. The second kappa shape index (κ2) is 5.67. The summed E-state index contributed by atoms with van der Waals surface area (Å²) in [5.41, 5.74) is -1.53. The minimum absolute atomic E-state index is 0.0379. The zero-order valence-electron chi connectivity index (χ0n) is 12.1. The molecular formula is C14H19N3O4. The fourth-order valence-corrected chi connectivity index (χ4v) is 2.82. The highest BCUT2D eigenvalue weighted by Crippen LogP contribution is 2.32. The SMILES string of the molecule is CC1CCCC(NC(=O)c2ccc(=O)n(C)n2)(C(=O)O)C1. The Hall–Kier alpha value is -2.18. The molecule has 0 aliphatic heterocycles. The normalized spacial score (nSPS) is 25.3. The number of carboxylic acids is 1. The van der Waals surface area contributed by atoms with Crippen molar-refractivity contribution in [1.29, 1.82) is 0 Å². The molecule has 0 radical (unpaired) electrons. The van der Waals surface area contributed by atoms with Gasteiger partial charge in [0.2, 0.25) is 0 Å². The number of aromatic nitrogens is 2. The number of nitrogens with one attached hydrogen (secondary N) is 1. The number of nitrogens with zero attached hydrogens (tertiary/aromatic N) is 2. The number of carbonyl (C=O) groups excluding carboxylic acids is 1. The molecule has 1 heterocycles. The van der Waals surface area contributed by atoms with Gasteiger partial charge in [-0.05, 0) is 24.8 Å². The third kappa shape index (κ3) is 3.12. The van der Waals surface area contributed by atoms with Gasteiger partial charge in [0.1, 0.15) is 11.2 Å². The number of aliphatic carboxylic acids is 1. The number of carbonyl (C=O) groups is 2. The van der Waals surface area contributed by atoms with Crippen LogP contribution in [-0.4, -0.2) is 32.3 Å². The minimum Gasteiger partial charge on any atom is -0.480 e. The van der Waals surface area contributed by atoms with E-state index in [1.807, 2.05) is 6.92 Å². The molecule has 114 valence electrons. The summed E-state index contributed by atoms with van der Waals surface area (Å²) in [4.78, 5) is 35.1. The molecule has 0 bridgehead atoms. The summed E-state index contributed by atoms with van der Waals surface area (Å²) < 4.78 is 1.05. The topological polar surface area (TPSA) is 101 Å². The molecular weight excluding hydrogens is 274 g/mol. The van der Waals surface area contributed by atoms with Gasteiger partial charge in [0.15, 0.2) is 0 Å². The molecule has 1 aromatic rings. The van der Waals surface area contributed by atoms with E-state index in [9.17, 15) is 19.5 Å². The first-order valence-corrected chi connectivity index (χ1v) is 6.94. The van der Waals surface area contributed by atoms with Crippen molar-refractivity contribution in [1.82, 2.24) is 15.1 Å². The molecule has 7 heteroatoms. The van der Waals surface area contributed by atoms with Gasteiger partial charge in [0.05, 0.1) is 0 Å². The molecule has 2 atom stereocenters. The van der Waals surface area contributed by atoms with Crippen LogP contribution in [0.15, 0.2) is 16.9 Å². The van der Waals surface area contributed by atoms with Gasteiger partial charge in [-0.1, -0.05) is 19.8 Å². The lowest BCUT2D eigenvalue weighted by Crippen LogP contribution is -2.57. The lowest BCUT2D eigenvalue weighted by Gasteiger charge is -2.36.